The smallest absolute Gasteiger partial charge is 0.179 e. The van der Waals surface area contributed by atoms with Crippen LogP contribution in [0.4, 0.5) is 0 Å². The summed E-state index contributed by atoms with van der Waals surface area (Å²) < 4.78 is 10.5. The fourth-order valence-electron chi connectivity index (χ4n) is 1.79. The largest absolute Gasteiger partial charge is 0.493 e. The van der Waals surface area contributed by atoms with Crippen molar-refractivity contribution in [3.63, 3.8) is 0 Å². The van der Waals surface area contributed by atoms with Crippen LogP contribution in [0.15, 0.2) is 17.5 Å². The number of rotatable bonds is 4. The minimum Gasteiger partial charge on any atom is -0.493 e. The highest BCUT2D eigenvalue weighted by Gasteiger charge is 2.20. The Labute approximate surface area is 121 Å². The third kappa shape index (κ3) is 2.68. The van der Waals surface area contributed by atoms with Crippen LogP contribution in [0.3, 0.4) is 0 Å². The third-order valence-electron chi connectivity index (χ3n) is 2.75. The van der Waals surface area contributed by atoms with E-state index in [2.05, 4.69) is 4.98 Å². The lowest BCUT2D eigenvalue weighted by Crippen LogP contribution is -2.12. The first-order valence-corrected chi connectivity index (χ1v) is 6.92. The van der Waals surface area contributed by atoms with Crippen molar-refractivity contribution in [3.05, 3.63) is 38.8 Å². The summed E-state index contributed by atoms with van der Waals surface area (Å²) in [5, 5.41) is 3.25. The molecule has 1 aromatic carbocycles. The molecule has 0 saturated heterocycles. The number of halogens is 1. The molecule has 102 valence electrons. The summed E-state index contributed by atoms with van der Waals surface area (Å²) in [5.74, 6) is 1.07. The van der Waals surface area contributed by atoms with Crippen LogP contribution in [0, 0.1) is 6.92 Å². The van der Waals surface area contributed by atoms with Gasteiger partial charge < -0.3 is 15.2 Å². The maximum absolute atomic E-state index is 6.34. The van der Waals surface area contributed by atoms with Crippen molar-refractivity contribution >= 4 is 22.9 Å². The van der Waals surface area contributed by atoms with Crippen LogP contribution in [0.1, 0.15) is 22.3 Å². The summed E-state index contributed by atoms with van der Waals surface area (Å²) in [6.07, 6.45) is 0. The van der Waals surface area contributed by atoms with E-state index in [4.69, 9.17) is 26.8 Å². The molecule has 6 heteroatoms. The molecule has 1 atom stereocenters. The first-order chi connectivity index (χ1) is 9.08. The van der Waals surface area contributed by atoms with Gasteiger partial charge in [-0.2, -0.15) is 0 Å². The number of thiazole rings is 1. The van der Waals surface area contributed by atoms with Crippen LogP contribution in [0.25, 0.3) is 0 Å². The molecule has 0 aliphatic heterocycles. The van der Waals surface area contributed by atoms with Crippen LogP contribution in [0.2, 0.25) is 5.02 Å². The van der Waals surface area contributed by atoms with E-state index in [0.29, 0.717) is 16.5 Å². The predicted octanol–water partition coefficient (Wildman–Crippen LogP) is 3.17. The van der Waals surface area contributed by atoms with Crippen molar-refractivity contribution in [2.45, 2.75) is 13.0 Å². The molecule has 0 saturated carbocycles. The maximum atomic E-state index is 6.34. The Morgan fingerprint density at radius 3 is 2.58 bits per heavy atom. The van der Waals surface area contributed by atoms with E-state index in [1.807, 2.05) is 18.4 Å². The molecule has 0 aliphatic carbocycles. The molecule has 19 heavy (non-hydrogen) atoms. The normalized spacial score (nSPS) is 12.3. The molecule has 0 spiro atoms. The fraction of sp³-hybridized carbons (Fsp3) is 0.308. The summed E-state index contributed by atoms with van der Waals surface area (Å²) in [7, 11) is 3.12. The van der Waals surface area contributed by atoms with E-state index in [-0.39, 0.29) is 6.04 Å². The van der Waals surface area contributed by atoms with Gasteiger partial charge in [-0.25, -0.2) is 4.98 Å². The van der Waals surface area contributed by atoms with Gasteiger partial charge in [-0.1, -0.05) is 17.7 Å². The van der Waals surface area contributed by atoms with Gasteiger partial charge in [0.15, 0.2) is 11.5 Å². The minimum absolute atomic E-state index is 0.369. The molecule has 1 unspecified atom stereocenters. The SMILES string of the molecule is COc1ccc(C(N)c2nc(C)cs2)c(Cl)c1OC. The molecular formula is C13H15ClN2O2S. The Morgan fingerprint density at radius 2 is 2.05 bits per heavy atom. The average molecular weight is 299 g/mol. The van der Waals surface area contributed by atoms with E-state index in [1.165, 1.54) is 11.3 Å². The van der Waals surface area contributed by atoms with Gasteiger partial charge in [-0.3, -0.25) is 0 Å². The Morgan fingerprint density at radius 1 is 1.32 bits per heavy atom. The minimum atomic E-state index is -0.369. The van der Waals surface area contributed by atoms with Gasteiger partial charge in [0.05, 0.1) is 25.3 Å². The molecule has 2 N–H and O–H groups in total. The summed E-state index contributed by atoms with van der Waals surface area (Å²) in [5.41, 5.74) is 7.94. The fourth-order valence-corrected chi connectivity index (χ4v) is 2.96. The van der Waals surface area contributed by atoms with Crippen LogP contribution < -0.4 is 15.2 Å². The van der Waals surface area contributed by atoms with Crippen LogP contribution >= 0.6 is 22.9 Å². The van der Waals surface area contributed by atoms with Gasteiger partial charge in [0.1, 0.15) is 5.01 Å². The van der Waals surface area contributed by atoms with Crippen molar-refractivity contribution in [1.29, 1.82) is 0 Å². The van der Waals surface area contributed by atoms with E-state index >= 15 is 0 Å². The number of hydrogen-bond donors (Lipinski definition) is 1. The molecule has 0 fully saturated rings. The van der Waals surface area contributed by atoms with Gasteiger partial charge in [0, 0.05) is 11.1 Å². The molecule has 1 aromatic heterocycles. The predicted molar refractivity (Wildman–Crippen MR) is 77.4 cm³/mol. The Bertz CT molecular complexity index is 586. The van der Waals surface area contributed by atoms with E-state index < -0.39 is 0 Å². The molecule has 0 radical (unpaired) electrons. The van der Waals surface area contributed by atoms with Gasteiger partial charge in [-0.05, 0) is 18.6 Å². The highest BCUT2D eigenvalue weighted by Crippen LogP contribution is 2.40. The maximum Gasteiger partial charge on any atom is 0.179 e. The van der Waals surface area contributed by atoms with Crippen molar-refractivity contribution in [2.24, 2.45) is 5.73 Å². The summed E-state index contributed by atoms with van der Waals surface area (Å²) in [6.45, 7) is 1.93. The number of ether oxygens (including phenoxy) is 2. The van der Waals surface area contributed by atoms with Crippen molar-refractivity contribution in [2.75, 3.05) is 14.2 Å². The van der Waals surface area contributed by atoms with Crippen molar-refractivity contribution in [3.8, 4) is 11.5 Å². The van der Waals surface area contributed by atoms with Crippen molar-refractivity contribution in [1.82, 2.24) is 4.98 Å². The molecule has 0 aliphatic rings. The number of aryl methyl sites for hydroxylation is 1. The quantitative estimate of drug-likeness (QED) is 0.942. The highest BCUT2D eigenvalue weighted by atomic mass is 35.5. The Hall–Kier alpha value is -1.30. The molecule has 4 nitrogen and oxygen atoms in total. The third-order valence-corrected chi connectivity index (χ3v) is 4.19. The monoisotopic (exact) mass is 298 g/mol. The second kappa shape index (κ2) is 5.77. The lowest BCUT2D eigenvalue weighted by molar-refractivity contribution is 0.354. The zero-order valence-electron chi connectivity index (χ0n) is 10.9. The molecule has 0 bridgehead atoms. The Kier molecular flexibility index (Phi) is 4.29. The average Bonchev–Trinajstić information content (AvgIpc) is 2.84. The number of methoxy groups -OCH3 is 2. The summed E-state index contributed by atoms with van der Waals surface area (Å²) in [4.78, 5) is 4.39. The van der Waals surface area contributed by atoms with Gasteiger partial charge in [-0.15, -0.1) is 11.3 Å². The summed E-state index contributed by atoms with van der Waals surface area (Å²) in [6, 6.07) is 3.26. The van der Waals surface area contributed by atoms with Crippen LogP contribution in [0.5, 0.6) is 11.5 Å². The standard InChI is InChI=1S/C13H15ClN2O2S/c1-7-6-19-13(16-7)11(15)8-4-5-9(17-2)12(18-3)10(8)14/h4-6,11H,15H2,1-3H3. The van der Waals surface area contributed by atoms with Crippen LogP contribution in [-0.4, -0.2) is 19.2 Å². The molecular weight excluding hydrogens is 284 g/mol. The van der Waals surface area contributed by atoms with E-state index in [0.717, 1.165) is 16.3 Å². The zero-order valence-corrected chi connectivity index (χ0v) is 12.5. The summed E-state index contributed by atoms with van der Waals surface area (Å²) >= 11 is 7.85. The number of nitrogens with zero attached hydrogens (tertiary/aromatic N) is 1. The Balaban J connectivity index is 2.45. The molecule has 0 amide bonds. The van der Waals surface area contributed by atoms with Gasteiger partial charge in [0.25, 0.3) is 0 Å². The topological polar surface area (TPSA) is 57.4 Å². The van der Waals surface area contributed by atoms with E-state index in [9.17, 15) is 0 Å². The number of hydrogen-bond acceptors (Lipinski definition) is 5. The number of aromatic nitrogens is 1. The number of nitrogens with two attached hydrogens (primary N) is 1. The van der Waals surface area contributed by atoms with E-state index in [1.54, 1.807) is 20.3 Å². The number of benzene rings is 1. The first kappa shape index (κ1) is 14.1. The second-order valence-electron chi connectivity index (χ2n) is 4.01. The van der Waals surface area contributed by atoms with Gasteiger partial charge in [0.2, 0.25) is 0 Å². The highest BCUT2D eigenvalue weighted by molar-refractivity contribution is 7.09. The zero-order chi connectivity index (χ0) is 14.0. The van der Waals surface area contributed by atoms with Crippen molar-refractivity contribution < 1.29 is 9.47 Å². The van der Waals surface area contributed by atoms with Gasteiger partial charge >= 0.3 is 0 Å². The lowest BCUT2D eigenvalue weighted by atomic mass is 10.1. The molecule has 1 heterocycles. The molecule has 2 rings (SSSR count). The lowest BCUT2D eigenvalue weighted by Gasteiger charge is -2.16. The van der Waals surface area contributed by atoms with Crippen LogP contribution in [-0.2, 0) is 0 Å². The molecule has 2 aromatic rings. The first-order valence-electron chi connectivity index (χ1n) is 5.66. The second-order valence-corrected chi connectivity index (χ2v) is 5.28.